The van der Waals surface area contributed by atoms with E-state index in [1.807, 2.05) is 0 Å². The molecule has 1 rings (SSSR count). The Morgan fingerprint density at radius 1 is 1.10 bits per heavy atom. The van der Waals surface area contributed by atoms with Crippen molar-refractivity contribution in [2.45, 2.75) is 46.3 Å². The van der Waals surface area contributed by atoms with E-state index in [0.29, 0.717) is 12.2 Å². The van der Waals surface area contributed by atoms with Crippen LogP contribution in [0.15, 0.2) is 0 Å². The van der Waals surface area contributed by atoms with Gasteiger partial charge in [-0.3, -0.25) is 0 Å². The van der Waals surface area contributed by atoms with Crippen molar-refractivity contribution in [2.75, 3.05) is 0 Å². The summed E-state index contributed by atoms with van der Waals surface area (Å²) in [6, 6.07) is 0. The fraction of sp³-hybridized carbons (Fsp3) is 1.00. The Kier molecular flexibility index (Phi) is 2.35. The molecule has 0 N–H and O–H groups in total. The molecule has 1 heterocycles. The van der Waals surface area contributed by atoms with E-state index < -0.39 is 0 Å². The monoisotopic (exact) mass is 142 g/mol. The molecule has 0 bridgehead atoms. The first-order valence-electron chi connectivity index (χ1n) is 4.32. The number of rotatable bonds is 1. The second-order valence-corrected chi connectivity index (χ2v) is 3.48. The normalized spacial score (nSPS) is 48.0. The van der Waals surface area contributed by atoms with Gasteiger partial charge in [0, 0.05) is 0 Å². The zero-order valence-corrected chi connectivity index (χ0v) is 7.42. The van der Waals surface area contributed by atoms with Gasteiger partial charge in [0.15, 0.2) is 0 Å². The highest BCUT2D eigenvalue weighted by Crippen LogP contribution is 2.33. The van der Waals surface area contributed by atoms with E-state index in [9.17, 15) is 0 Å². The van der Waals surface area contributed by atoms with Crippen molar-refractivity contribution < 1.29 is 4.74 Å². The third-order valence-electron chi connectivity index (χ3n) is 2.92. The van der Waals surface area contributed by atoms with Crippen LogP contribution in [0.3, 0.4) is 0 Å². The maximum absolute atomic E-state index is 5.68. The highest BCUT2D eigenvalue weighted by atomic mass is 16.5. The van der Waals surface area contributed by atoms with E-state index in [4.69, 9.17) is 4.74 Å². The first kappa shape index (κ1) is 8.06. The molecule has 1 aliphatic rings. The third-order valence-corrected chi connectivity index (χ3v) is 2.92. The molecule has 0 radical (unpaired) electrons. The molecule has 0 amide bonds. The van der Waals surface area contributed by atoms with Crippen LogP contribution < -0.4 is 0 Å². The van der Waals surface area contributed by atoms with Crippen molar-refractivity contribution >= 4 is 0 Å². The maximum atomic E-state index is 5.68. The molecule has 1 aliphatic heterocycles. The van der Waals surface area contributed by atoms with E-state index in [-0.39, 0.29) is 0 Å². The Morgan fingerprint density at radius 2 is 1.70 bits per heavy atom. The van der Waals surface area contributed by atoms with Crippen LogP contribution in [0.2, 0.25) is 0 Å². The molecule has 1 nitrogen and oxygen atoms in total. The minimum atomic E-state index is 0.472. The molecule has 10 heavy (non-hydrogen) atoms. The second kappa shape index (κ2) is 2.91. The Hall–Kier alpha value is -0.0400. The van der Waals surface area contributed by atoms with Gasteiger partial charge in [0.1, 0.15) is 0 Å². The van der Waals surface area contributed by atoms with Gasteiger partial charge in [-0.2, -0.15) is 0 Å². The van der Waals surface area contributed by atoms with E-state index in [1.165, 1.54) is 6.42 Å². The van der Waals surface area contributed by atoms with Gasteiger partial charge in [-0.05, 0) is 25.7 Å². The Bertz CT molecular complexity index is 111. The van der Waals surface area contributed by atoms with E-state index in [2.05, 4.69) is 27.7 Å². The topological polar surface area (TPSA) is 9.23 Å². The highest BCUT2D eigenvalue weighted by molar-refractivity contribution is 4.82. The fourth-order valence-electron chi connectivity index (χ4n) is 2.04. The largest absolute Gasteiger partial charge is 0.375 e. The average Bonchev–Trinajstić information content (AvgIpc) is 2.09. The Labute approximate surface area is 63.8 Å². The van der Waals surface area contributed by atoms with Crippen LogP contribution in [0, 0.1) is 11.8 Å². The van der Waals surface area contributed by atoms with E-state index >= 15 is 0 Å². The highest BCUT2D eigenvalue weighted by Gasteiger charge is 2.34. The predicted octanol–water partition coefficient (Wildman–Crippen LogP) is 2.46. The summed E-state index contributed by atoms with van der Waals surface area (Å²) < 4.78 is 5.68. The smallest absolute Gasteiger partial charge is 0.0582 e. The quantitative estimate of drug-likeness (QED) is 0.546. The van der Waals surface area contributed by atoms with Gasteiger partial charge in [0.2, 0.25) is 0 Å². The molecular formula is C9H18O. The van der Waals surface area contributed by atoms with Crippen LogP contribution in [-0.2, 0) is 4.74 Å². The van der Waals surface area contributed by atoms with E-state index in [1.54, 1.807) is 0 Å². The summed E-state index contributed by atoms with van der Waals surface area (Å²) >= 11 is 0. The van der Waals surface area contributed by atoms with E-state index in [0.717, 1.165) is 11.8 Å². The molecule has 0 aromatic carbocycles. The molecule has 4 atom stereocenters. The van der Waals surface area contributed by atoms with Gasteiger partial charge in [-0.25, -0.2) is 0 Å². The minimum absolute atomic E-state index is 0.472. The standard InChI is InChI=1S/C9H18O/c1-5-9-6(2)7(3)10-8(9)4/h6-9H,5H2,1-4H3. The van der Waals surface area contributed by atoms with Crippen molar-refractivity contribution in [3.05, 3.63) is 0 Å². The van der Waals surface area contributed by atoms with Crippen molar-refractivity contribution in [2.24, 2.45) is 11.8 Å². The van der Waals surface area contributed by atoms with Gasteiger partial charge in [-0.1, -0.05) is 20.3 Å². The first-order chi connectivity index (χ1) is 4.66. The summed E-state index contributed by atoms with van der Waals surface area (Å²) in [5, 5.41) is 0. The molecular weight excluding hydrogens is 124 g/mol. The van der Waals surface area contributed by atoms with Crippen LogP contribution in [0.4, 0.5) is 0 Å². The van der Waals surface area contributed by atoms with Crippen LogP contribution in [0.5, 0.6) is 0 Å². The molecule has 0 spiro atoms. The lowest BCUT2D eigenvalue weighted by molar-refractivity contribution is 0.0509. The van der Waals surface area contributed by atoms with Crippen molar-refractivity contribution in [1.29, 1.82) is 0 Å². The third kappa shape index (κ3) is 1.20. The Morgan fingerprint density at radius 3 is 1.90 bits per heavy atom. The lowest BCUT2D eigenvalue weighted by Crippen LogP contribution is -2.15. The van der Waals surface area contributed by atoms with Crippen LogP contribution in [-0.4, -0.2) is 12.2 Å². The van der Waals surface area contributed by atoms with Crippen LogP contribution in [0.25, 0.3) is 0 Å². The van der Waals surface area contributed by atoms with Gasteiger partial charge in [0.25, 0.3) is 0 Å². The molecule has 4 unspecified atom stereocenters. The minimum Gasteiger partial charge on any atom is -0.375 e. The fourth-order valence-corrected chi connectivity index (χ4v) is 2.04. The molecule has 1 heteroatoms. The summed E-state index contributed by atoms with van der Waals surface area (Å²) in [4.78, 5) is 0. The van der Waals surface area contributed by atoms with Gasteiger partial charge in [-0.15, -0.1) is 0 Å². The first-order valence-corrected chi connectivity index (χ1v) is 4.32. The number of hydrogen-bond acceptors (Lipinski definition) is 1. The molecule has 0 aromatic heterocycles. The summed E-state index contributed by atoms with van der Waals surface area (Å²) in [5.41, 5.74) is 0. The molecule has 0 aromatic rings. The lowest BCUT2D eigenvalue weighted by Gasteiger charge is -2.14. The van der Waals surface area contributed by atoms with Crippen LogP contribution >= 0.6 is 0 Å². The van der Waals surface area contributed by atoms with Crippen molar-refractivity contribution in [3.8, 4) is 0 Å². The molecule has 1 fully saturated rings. The maximum Gasteiger partial charge on any atom is 0.0582 e. The van der Waals surface area contributed by atoms with Crippen molar-refractivity contribution in [1.82, 2.24) is 0 Å². The van der Waals surface area contributed by atoms with Gasteiger partial charge in [0.05, 0.1) is 12.2 Å². The number of ether oxygens (including phenoxy) is 1. The van der Waals surface area contributed by atoms with Crippen LogP contribution in [0.1, 0.15) is 34.1 Å². The SMILES string of the molecule is CCC1C(C)OC(C)C1C. The summed E-state index contributed by atoms with van der Waals surface area (Å²) in [7, 11) is 0. The predicted molar refractivity (Wildman–Crippen MR) is 43.0 cm³/mol. The van der Waals surface area contributed by atoms with Crippen molar-refractivity contribution in [3.63, 3.8) is 0 Å². The average molecular weight is 142 g/mol. The summed E-state index contributed by atoms with van der Waals surface area (Å²) in [6.07, 6.45) is 2.21. The second-order valence-electron chi connectivity index (χ2n) is 3.48. The van der Waals surface area contributed by atoms with Gasteiger partial charge < -0.3 is 4.74 Å². The zero-order valence-electron chi connectivity index (χ0n) is 7.42. The molecule has 0 saturated carbocycles. The molecule has 0 aliphatic carbocycles. The lowest BCUT2D eigenvalue weighted by atomic mass is 9.88. The summed E-state index contributed by atoms with van der Waals surface area (Å²) in [5.74, 6) is 1.54. The molecule has 1 saturated heterocycles. The zero-order chi connectivity index (χ0) is 7.72. The molecule has 60 valence electrons. The summed E-state index contributed by atoms with van der Waals surface area (Å²) in [6.45, 7) is 8.91. The number of hydrogen-bond donors (Lipinski definition) is 0. The van der Waals surface area contributed by atoms with Gasteiger partial charge >= 0.3 is 0 Å². The Balaban J connectivity index is 2.55.